The molecule has 3 fully saturated rings. The Balaban J connectivity index is 1.21. The Bertz CT molecular complexity index is 1330. The minimum Gasteiger partial charge on any atom is -0.457 e. The molecule has 10 heteroatoms. The first kappa shape index (κ1) is 25.8. The van der Waals surface area contributed by atoms with Crippen LogP contribution >= 0.6 is 11.8 Å². The van der Waals surface area contributed by atoms with Gasteiger partial charge in [0.1, 0.15) is 11.5 Å². The first-order chi connectivity index (χ1) is 18.9. The predicted octanol–water partition coefficient (Wildman–Crippen LogP) is 3.75. The van der Waals surface area contributed by atoms with Crippen molar-refractivity contribution >= 4 is 35.3 Å². The highest BCUT2D eigenvalue weighted by atomic mass is 32.2. The van der Waals surface area contributed by atoms with E-state index >= 15 is 0 Å². The van der Waals surface area contributed by atoms with Crippen LogP contribution in [0, 0.1) is 12.8 Å². The fourth-order valence-electron chi connectivity index (χ4n) is 6.27. The maximum absolute atomic E-state index is 13.6. The number of para-hydroxylation sites is 1. The molecule has 9 nitrogen and oxygen atoms in total. The molecule has 204 valence electrons. The van der Waals surface area contributed by atoms with Crippen LogP contribution in [0.2, 0.25) is 0 Å². The van der Waals surface area contributed by atoms with Crippen LogP contribution in [0.25, 0.3) is 0 Å². The van der Waals surface area contributed by atoms with Crippen LogP contribution in [-0.4, -0.2) is 47.9 Å². The zero-order valence-electron chi connectivity index (χ0n) is 22.0. The maximum Gasteiger partial charge on any atom is 0.326 e. The Morgan fingerprint density at radius 1 is 1.03 bits per heavy atom. The van der Waals surface area contributed by atoms with Gasteiger partial charge in [0.25, 0.3) is 5.91 Å². The average molecular weight is 548 g/mol. The van der Waals surface area contributed by atoms with Crippen molar-refractivity contribution in [1.82, 2.24) is 21.3 Å². The summed E-state index contributed by atoms with van der Waals surface area (Å²) >= 11 is 1.51. The fraction of sp³-hybridized carbons (Fsp3) is 0.414. The number of carbonyl (C=O) groups excluding carboxylic acids is 3. The van der Waals surface area contributed by atoms with Gasteiger partial charge in [-0.15, -0.1) is 0 Å². The molecule has 3 aliphatic heterocycles. The van der Waals surface area contributed by atoms with E-state index in [1.807, 2.05) is 60.4 Å². The molecule has 4 aliphatic rings. The fourth-order valence-corrected chi connectivity index (χ4v) is 7.67. The number of nitrogens with one attached hydrogen (secondary N) is 4. The van der Waals surface area contributed by atoms with E-state index < -0.39 is 0 Å². The standard InChI is InChI=1S/C29H33N5O4S/c1-16-14-21(38-20-6-4-3-5-7-20)10-11-22(16)34-23-12-13-30-28-24(23)25(33-29(34)37)26(39-28)27(36)32-19-9-8-18(15-19)31-17(2)35/h3-7,10-11,14,18-19,23-24,28,30H,8-9,12-13,15H2,1-2H3,(H,31,35)(H,32,36)(H,33,37)/t18-,19+,23?,24?,28?/m1/s1. The molecule has 5 atom stereocenters. The first-order valence-electron chi connectivity index (χ1n) is 13.5. The van der Waals surface area contributed by atoms with Gasteiger partial charge in [0.2, 0.25) is 5.91 Å². The molecule has 39 heavy (non-hydrogen) atoms. The normalized spacial score (nSPS) is 27.6. The van der Waals surface area contributed by atoms with E-state index in [4.69, 9.17) is 4.74 Å². The molecule has 1 aliphatic carbocycles. The lowest BCUT2D eigenvalue weighted by molar-refractivity contribution is -0.119. The van der Waals surface area contributed by atoms with E-state index in [1.54, 1.807) is 0 Å². The van der Waals surface area contributed by atoms with Gasteiger partial charge in [0.05, 0.1) is 16.3 Å². The number of hydrogen-bond donors (Lipinski definition) is 4. The van der Waals surface area contributed by atoms with E-state index in [0.717, 1.165) is 54.9 Å². The van der Waals surface area contributed by atoms with Crippen LogP contribution in [0.1, 0.15) is 38.2 Å². The number of rotatable bonds is 6. The highest BCUT2D eigenvalue weighted by Gasteiger charge is 2.52. The molecule has 0 spiro atoms. The predicted molar refractivity (Wildman–Crippen MR) is 150 cm³/mol. The first-order valence-corrected chi connectivity index (χ1v) is 14.4. The van der Waals surface area contributed by atoms with Gasteiger partial charge in [-0.25, -0.2) is 4.79 Å². The van der Waals surface area contributed by atoms with E-state index in [2.05, 4.69) is 21.3 Å². The number of thioether (sulfide) groups is 1. The quantitative estimate of drug-likeness (QED) is 0.438. The smallest absolute Gasteiger partial charge is 0.326 e. The Labute approximate surface area is 232 Å². The summed E-state index contributed by atoms with van der Waals surface area (Å²) in [6.07, 6.45) is 3.17. The number of carbonyl (C=O) groups is 3. The summed E-state index contributed by atoms with van der Waals surface area (Å²) in [6.45, 7) is 4.27. The Kier molecular flexibility index (Phi) is 6.99. The molecule has 2 aromatic rings. The van der Waals surface area contributed by atoms with Crippen LogP contribution in [-0.2, 0) is 9.59 Å². The summed E-state index contributed by atoms with van der Waals surface area (Å²) in [5.74, 6) is 1.26. The van der Waals surface area contributed by atoms with Crippen molar-refractivity contribution in [3.8, 4) is 11.5 Å². The second-order valence-electron chi connectivity index (χ2n) is 10.7. The van der Waals surface area contributed by atoms with E-state index in [-0.39, 0.29) is 47.3 Å². The molecule has 4 N–H and O–H groups in total. The molecule has 1 saturated carbocycles. The highest BCUT2D eigenvalue weighted by Crippen LogP contribution is 2.48. The molecule has 0 radical (unpaired) electrons. The molecule has 3 heterocycles. The van der Waals surface area contributed by atoms with Crippen LogP contribution in [0.3, 0.4) is 0 Å². The summed E-state index contributed by atoms with van der Waals surface area (Å²) < 4.78 is 5.99. The minimum atomic E-state index is -0.217. The lowest BCUT2D eigenvalue weighted by Gasteiger charge is -2.46. The molecule has 4 amide bonds. The highest BCUT2D eigenvalue weighted by molar-refractivity contribution is 8.04. The molecule has 6 rings (SSSR count). The lowest BCUT2D eigenvalue weighted by Crippen LogP contribution is -2.62. The number of nitrogens with zero attached hydrogens (tertiary/aromatic N) is 1. The largest absolute Gasteiger partial charge is 0.457 e. The van der Waals surface area contributed by atoms with Crippen molar-refractivity contribution in [3.63, 3.8) is 0 Å². The lowest BCUT2D eigenvalue weighted by atomic mass is 9.86. The summed E-state index contributed by atoms with van der Waals surface area (Å²) in [7, 11) is 0. The summed E-state index contributed by atoms with van der Waals surface area (Å²) in [4.78, 5) is 40.8. The molecular formula is C29H33N5O4S. The van der Waals surface area contributed by atoms with E-state index in [9.17, 15) is 14.4 Å². The molecule has 3 unspecified atom stereocenters. The monoisotopic (exact) mass is 547 g/mol. The Morgan fingerprint density at radius 2 is 1.79 bits per heavy atom. The van der Waals surface area contributed by atoms with Gasteiger partial charge >= 0.3 is 6.03 Å². The molecule has 0 bridgehead atoms. The topological polar surface area (TPSA) is 112 Å². The molecule has 0 aromatic heterocycles. The van der Waals surface area contributed by atoms with Gasteiger partial charge < -0.3 is 26.0 Å². The van der Waals surface area contributed by atoms with Gasteiger partial charge in [0, 0.05) is 36.3 Å². The van der Waals surface area contributed by atoms with Crippen molar-refractivity contribution in [2.24, 2.45) is 5.92 Å². The summed E-state index contributed by atoms with van der Waals surface area (Å²) in [5.41, 5.74) is 2.51. The van der Waals surface area contributed by atoms with Crippen LogP contribution in [0.15, 0.2) is 59.1 Å². The maximum atomic E-state index is 13.6. The van der Waals surface area contributed by atoms with Crippen LogP contribution in [0.4, 0.5) is 10.5 Å². The zero-order valence-corrected chi connectivity index (χ0v) is 22.8. The Hall–Kier alpha value is -3.50. The third-order valence-corrected chi connectivity index (χ3v) is 9.28. The molecule has 2 aromatic carbocycles. The van der Waals surface area contributed by atoms with Crippen LogP contribution < -0.4 is 30.9 Å². The number of aryl methyl sites for hydroxylation is 1. The summed E-state index contributed by atoms with van der Waals surface area (Å²) in [6, 6.07) is 15.2. The van der Waals surface area contributed by atoms with Crippen molar-refractivity contribution in [2.45, 2.75) is 63.0 Å². The number of benzene rings is 2. The summed E-state index contributed by atoms with van der Waals surface area (Å²) in [5, 5.41) is 12.8. The molecular weight excluding hydrogens is 514 g/mol. The van der Waals surface area contributed by atoms with Crippen molar-refractivity contribution in [3.05, 3.63) is 64.7 Å². The van der Waals surface area contributed by atoms with Gasteiger partial charge in [-0.1, -0.05) is 30.0 Å². The van der Waals surface area contributed by atoms with Crippen molar-refractivity contribution in [2.75, 3.05) is 11.4 Å². The number of hydrogen-bond acceptors (Lipinski definition) is 6. The number of anilines is 1. The number of amides is 4. The average Bonchev–Trinajstić information content (AvgIpc) is 3.50. The number of piperidine rings is 1. The third kappa shape index (κ3) is 5.10. The van der Waals surface area contributed by atoms with Gasteiger partial charge in [-0.05, 0) is 75.0 Å². The minimum absolute atomic E-state index is 0.00416. The van der Waals surface area contributed by atoms with E-state index in [1.165, 1.54) is 18.7 Å². The van der Waals surface area contributed by atoms with Gasteiger partial charge in [0.15, 0.2) is 0 Å². The second-order valence-corrected chi connectivity index (χ2v) is 11.8. The van der Waals surface area contributed by atoms with Gasteiger partial charge in [-0.3, -0.25) is 14.5 Å². The zero-order chi connectivity index (χ0) is 27.1. The van der Waals surface area contributed by atoms with Crippen LogP contribution in [0.5, 0.6) is 11.5 Å². The van der Waals surface area contributed by atoms with Crippen molar-refractivity contribution < 1.29 is 19.1 Å². The second kappa shape index (κ2) is 10.6. The molecule has 2 saturated heterocycles. The van der Waals surface area contributed by atoms with Gasteiger partial charge in [-0.2, -0.15) is 0 Å². The van der Waals surface area contributed by atoms with E-state index in [0.29, 0.717) is 10.7 Å². The number of urea groups is 1. The Morgan fingerprint density at radius 3 is 2.54 bits per heavy atom. The number of ether oxygens (including phenoxy) is 1. The SMILES string of the molecule is CC(=O)N[C@@H]1CC[C@H](NC(=O)C2=C3NC(=O)N(c4ccc(Oc5ccccc5)cc4C)C4CCNC(S2)C34)C1. The third-order valence-electron chi connectivity index (χ3n) is 7.93. The van der Waals surface area contributed by atoms with Crippen molar-refractivity contribution in [1.29, 1.82) is 0 Å².